The lowest BCUT2D eigenvalue weighted by Crippen LogP contribution is -2.19. The van der Waals surface area contributed by atoms with Gasteiger partial charge in [-0.2, -0.15) is 5.26 Å². The number of carbonyl (C=O) groups is 2. The average Bonchev–Trinajstić information content (AvgIpc) is 2.60. The Bertz CT molecular complexity index is 833. The van der Waals surface area contributed by atoms with Crippen molar-refractivity contribution in [2.45, 2.75) is 0 Å². The highest BCUT2D eigenvalue weighted by Gasteiger charge is 2.13. The van der Waals surface area contributed by atoms with Crippen molar-refractivity contribution < 1.29 is 14.3 Å². The second-order valence-corrected chi connectivity index (χ2v) is 4.81. The highest BCUT2D eigenvalue weighted by molar-refractivity contribution is 6.12. The van der Waals surface area contributed by atoms with Gasteiger partial charge in [0, 0.05) is 0 Å². The van der Waals surface area contributed by atoms with Crippen LogP contribution in [0.2, 0.25) is 0 Å². The maximum Gasteiger partial charge on any atom is 0.266 e. The molecular formula is C18H15N3O3. The van der Waals surface area contributed by atoms with Crippen LogP contribution in [0.1, 0.15) is 15.9 Å². The van der Waals surface area contributed by atoms with Gasteiger partial charge in [-0.15, -0.1) is 0 Å². The third kappa shape index (κ3) is 3.99. The van der Waals surface area contributed by atoms with Crippen molar-refractivity contribution in [1.29, 1.82) is 5.26 Å². The first-order valence-electron chi connectivity index (χ1n) is 7.01. The van der Waals surface area contributed by atoms with Crippen LogP contribution >= 0.6 is 0 Å². The lowest BCUT2D eigenvalue weighted by Gasteiger charge is -2.08. The van der Waals surface area contributed by atoms with Crippen molar-refractivity contribution >= 4 is 23.6 Å². The number of hydrogen-bond acceptors (Lipinski definition) is 4. The fraction of sp³-hybridized carbons (Fsp3) is 0.0556. The summed E-state index contributed by atoms with van der Waals surface area (Å²) in [5.41, 5.74) is 6.27. The highest BCUT2D eigenvalue weighted by atomic mass is 16.5. The average molecular weight is 321 g/mol. The molecule has 0 spiro atoms. The van der Waals surface area contributed by atoms with Crippen molar-refractivity contribution in [2.24, 2.45) is 5.73 Å². The van der Waals surface area contributed by atoms with E-state index in [1.54, 1.807) is 49.6 Å². The number of nitriles is 1. The van der Waals surface area contributed by atoms with E-state index in [0.29, 0.717) is 11.3 Å². The molecule has 0 aromatic heterocycles. The summed E-state index contributed by atoms with van der Waals surface area (Å²) in [7, 11) is 1.55. The molecule has 0 aliphatic heterocycles. The van der Waals surface area contributed by atoms with Crippen molar-refractivity contribution in [3.05, 3.63) is 65.2 Å². The second kappa shape index (κ2) is 7.61. The van der Waals surface area contributed by atoms with E-state index in [1.165, 1.54) is 12.1 Å². The van der Waals surface area contributed by atoms with Gasteiger partial charge < -0.3 is 15.8 Å². The Morgan fingerprint density at radius 1 is 1.17 bits per heavy atom. The minimum absolute atomic E-state index is 0.0977. The maximum absolute atomic E-state index is 12.3. The Kier molecular flexibility index (Phi) is 5.32. The van der Waals surface area contributed by atoms with Crippen LogP contribution in [0.25, 0.3) is 6.08 Å². The monoisotopic (exact) mass is 321 g/mol. The summed E-state index contributed by atoms with van der Waals surface area (Å²) in [6.45, 7) is 0. The minimum atomic E-state index is -0.663. The van der Waals surface area contributed by atoms with Gasteiger partial charge in [0.05, 0.1) is 18.4 Å². The summed E-state index contributed by atoms with van der Waals surface area (Å²) >= 11 is 0. The molecule has 120 valence electrons. The smallest absolute Gasteiger partial charge is 0.266 e. The van der Waals surface area contributed by atoms with Gasteiger partial charge in [0.15, 0.2) is 0 Å². The van der Waals surface area contributed by atoms with Gasteiger partial charge in [-0.1, -0.05) is 24.3 Å². The Labute approximate surface area is 139 Å². The molecule has 0 atom stereocenters. The number of rotatable bonds is 5. The van der Waals surface area contributed by atoms with Crippen LogP contribution in [0.4, 0.5) is 5.69 Å². The Morgan fingerprint density at radius 2 is 1.83 bits per heavy atom. The molecule has 0 aliphatic carbocycles. The molecule has 6 nitrogen and oxygen atoms in total. The van der Waals surface area contributed by atoms with Gasteiger partial charge >= 0.3 is 0 Å². The molecule has 2 rings (SSSR count). The normalized spacial score (nSPS) is 10.6. The van der Waals surface area contributed by atoms with Crippen LogP contribution in [-0.2, 0) is 4.79 Å². The SMILES string of the molecule is COc1ccc(/C=C(/C#N)C(=O)Nc2ccccc2C(N)=O)cc1. The zero-order chi connectivity index (χ0) is 17.5. The fourth-order valence-corrected chi connectivity index (χ4v) is 2.01. The zero-order valence-electron chi connectivity index (χ0n) is 12.9. The molecule has 0 fully saturated rings. The molecule has 0 radical (unpaired) electrons. The number of anilines is 1. The lowest BCUT2D eigenvalue weighted by molar-refractivity contribution is -0.112. The van der Waals surface area contributed by atoms with Gasteiger partial charge in [0.1, 0.15) is 17.4 Å². The summed E-state index contributed by atoms with van der Waals surface area (Å²) in [5.74, 6) is -0.615. The number of nitrogens with one attached hydrogen (secondary N) is 1. The van der Waals surface area contributed by atoms with E-state index in [9.17, 15) is 14.9 Å². The van der Waals surface area contributed by atoms with Crippen molar-refractivity contribution in [2.75, 3.05) is 12.4 Å². The van der Waals surface area contributed by atoms with E-state index < -0.39 is 11.8 Å². The van der Waals surface area contributed by atoms with E-state index in [0.717, 1.165) is 0 Å². The minimum Gasteiger partial charge on any atom is -0.497 e. The van der Waals surface area contributed by atoms with Crippen molar-refractivity contribution in [3.8, 4) is 11.8 Å². The molecule has 0 unspecified atom stereocenters. The summed E-state index contributed by atoms with van der Waals surface area (Å²) in [5, 5.41) is 11.8. The first kappa shape index (κ1) is 16.8. The van der Waals surface area contributed by atoms with Crippen molar-refractivity contribution in [3.63, 3.8) is 0 Å². The Hall–Kier alpha value is -3.59. The van der Waals surface area contributed by atoms with Crippen LogP contribution < -0.4 is 15.8 Å². The molecule has 6 heteroatoms. The molecule has 2 aromatic carbocycles. The van der Waals surface area contributed by atoms with E-state index in [2.05, 4.69) is 5.32 Å². The predicted octanol–water partition coefficient (Wildman–Crippen LogP) is 2.34. The van der Waals surface area contributed by atoms with E-state index in [4.69, 9.17) is 10.5 Å². The van der Waals surface area contributed by atoms with Gasteiger partial charge in [-0.05, 0) is 35.9 Å². The molecule has 24 heavy (non-hydrogen) atoms. The number of para-hydroxylation sites is 1. The van der Waals surface area contributed by atoms with Crippen LogP contribution in [-0.4, -0.2) is 18.9 Å². The predicted molar refractivity (Wildman–Crippen MR) is 90.2 cm³/mol. The molecule has 0 aliphatic rings. The molecule has 0 saturated heterocycles. The first-order chi connectivity index (χ1) is 11.5. The van der Waals surface area contributed by atoms with E-state index >= 15 is 0 Å². The standard InChI is InChI=1S/C18H15N3O3/c1-24-14-8-6-12(7-9-14)10-13(11-19)18(23)21-16-5-3-2-4-15(16)17(20)22/h2-10H,1H3,(H2,20,22)(H,21,23)/b13-10-. The number of methoxy groups -OCH3 is 1. The summed E-state index contributed by atoms with van der Waals surface area (Å²) < 4.78 is 5.05. The third-order valence-electron chi connectivity index (χ3n) is 3.23. The summed E-state index contributed by atoms with van der Waals surface area (Å²) in [6, 6.07) is 15.1. The number of nitrogens with two attached hydrogens (primary N) is 1. The third-order valence-corrected chi connectivity index (χ3v) is 3.23. The number of benzene rings is 2. The van der Waals surface area contributed by atoms with Gasteiger partial charge in [-0.3, -0.25) is 9.59 Å². The maximum atomic E-state index is 12.3. The number of carbonyl (C=O) groups excluding carboxylic acids is 2. The largest absolute Gasteiger partial charge is 0.497 e. The van der Waals surface area contributed by atoms with Gasteiger partial charge in [-0.25, -0.2) is 0 Å². The van der Waals surface area contributed by atoms with Crippen LogP contribution in [0.15, 0.2) is 54.1 Å². The molecule has 2 aromatic rings. The Balaban J connectivity index is 2.25. The van der Waals surface area contributed by atoms with E-state index in [1.807, 2.05) is 6.07 Å². The molecule has 0 saturated carbocycles. The van der Waals surface area contributed by atoms with Crippen LogP contribution in [0.3, 0.4) is 0 Å². The number of amides is 2. The molecule has 2 amide bonds. The van der Waals surface area contributed by atoms with E-state index in [-0.39, 0.29) is 16.8 Å². The molecule has 0 heterocycles. The van der Waals surface area contributed by atoms with Crippen LogP contribution in [0, 0.1) is 11.3 Å². The zero-order valence-corrected chi connectivity index (χ0v) is 12.9. The van der Waals surface area contributed by atoms with Gasteiger partial charge in [0.25, 0.3) is 11.8 Å². The fourth-order valence-electron chi connectivity index (χ4n) is 2.01. The molecular weight excluding hydrogens is 306 g/mol. The lowest BCUT2D eigenvalue weighted by atomic mass is 10.1. The number of ether oxygens (including phenoxy) is 1. The van der Waals surface area contributed by atoms with Crippen molar-refractivity contribution in [1.82, 2.24) is 0 Å². The Morgan fingerprint density at radius 3 is 2.42 bits per heavy atom. The number of nitrogens with zero attached hydrogens (tertiary/aromatic N) is 1. The quantitative estimate of drug-likeness (QED) is 0.651. The summed E-state index contributed by atoms with van der Waals surface area (Å²) in [4.78, 5) is 23.6. The molecule has 0 bridgehead atoms. The van der Waals surface area contributed by atoms with Gasteiger partial charge in [0.2, 0.25) is 0 Å². The second-order valence-electron chi connectivity index (χ2n) is 4.81. The number of hydrogen-bond donors (Lipinski definition) is 2. The number of primary amides is 1. The first-order valence-corrected chi connectivity index (χ1v) is 7.01. The molecule has 3 N–H and O–H groups in total. The topological polar surface area (TPSA) is 105 Å². The highest BCUT2D eigenvalue weighted by Crippen LogP contribution is 2.17. The summed E-state index contributed by atoms with van der Waals surface area (Å²) in [6.07, 6.45) is 1.45. The van der Waals surface area contributed by atoms with Crippen LogP contribution in [0.5, 0.6) is 5.75 Å².